The fourth-order valence-corrected chi connectivity index (χ4v) is 1.39. The molecule has 0 aliphatic carbocycles. The first kappa shape index (κ1) is 12.3. The molecule has 0 aliphatic rings. The van der Waals surface area contributed by atoms with Crippen LogP contribution in [0, 0.1) is 11.3 Å². The maximum absolute atomic E-state index is 10.4. The van der Waals surface area contributed by atoms with Crippen molar-refractivity contribution in [2.75, 3.05) is 6.61 Å². The number of carbonyl (C=O) groups is 1. The van der Waals surface area contributed by atoms with Crippen LogP contribution in [0.15, 0.2) is 28.7 Å². The van der Waals surface area contributed by atoms with E-state index in [0.717, 1.165) is 10.5 Å². The van der Waals surface area contributed by atoms with E-state index in [0.29, 0.717) is 11.3 Å². The third-order valence-electron chi connectivity index (χ3n) is 1.68. The first-order chi connectivity index (χ1) is 7.63. The summed E-state index contributed by atoms with van der Waals surface area (Å²) in [6.45, 7) is -0.0380. The lowest BCUT2D eigenvalue weighted by Gasteiger charge is -2.04. The van der Waals surface area contributed by atoms with Crippen molar-refractivity contribution in [3.63, 3.8) is 0 Å². The van der Waals surface area contributed by atoms with Crippen LogP contribution >= 0.6 is 15.9 Å². The number of ether oxygens (including phenoxy) is 1. The molecule has 0 saturated carbocycles. The summed E-state index contributed by atoms with van der Waals surface area (Å²) >= 11 is 3.28. The van der Waals surface area contributed by atoms with Crippen LogP contribution in [0.2, 0.25) is 0 Å². The van der Waals surface area contributed by atoms with Crippen molar-refractivity contribution in [2.24, 2.45) is 0 Å². The summed E-state index contributed by atoms with van der Waals surface area (Å²) in [6, 6.07) is 6.93. The van der Waals surface area contributed by atoms with Crippen LogP contribution in [0.4, 0.5) is 0 Å². The molecule has 5 heteroatoms. The molecule has 0 aliphatic heterocycles. The molecule has 0 heterocycles. The number of benzene rings is 1. The second-order valence-electron chi connectivity index (χ2n) is 2.80. The van der Waals surface area contributed by atoms with Gasteiger partial charge >= 0.3 is 5.97 Å². The van der Waals surface area contributed by atoms with E-state index in [9.17, 15) is 4.79 Å². The van der Waals surface area contributed by atoms with E-state index in [2.05, 4.69) is 15.9 Å². The van der Waals surface area contributed by atoms with Crippen molar-refractivity contribution in [3.8, 4) is 11.8 Å². The number of halogens is 1. The molecule has 4 nitrogen and oxygen atoms in total. The Morgan fingerprint density at radius 2 is 2.38 bits per heavy atom. The summed E-state index contributed by atoms with van der Waals surface area (Å²) in [5.41, 5.74) is 0.679. The Balaban J connectivity index is 2.91. The van der Waals surface area contributed by atoms with Gasteiger partial charge in [0.15, 0.2) is 6.61 Å². The van der Waals surface area contributed by atoms with Crippen molar-refractivity contribution in [1.29, 1.82) is 5.26 Å². The Morgan fingerprint density at radius 1 is 1.62 bits per heavy atom. The molecular weight excluding hydrogens is 274 g/mol. The lowest BCUT2D eigenvalue weighted by atomic mass is 10.2. The second kappa shape index (κ2) is 5.93. The summed E-state index contributed by atoms with van der Waals surface area (Å²) in [4.78, 5) is 10.4. The zero-order chi connectivity index (χ0) is 12.0. The molecule has 0 unspecified atom stereocenters. The minimum atomic E-state index is -1.02. The van der Waals surface area contributed by atoms with Crippen LogP contribution in [0.25, 0.3) is 6.08 Å². The molecule has 0 bridgehead atoms. The van der Waals surface area contributed by atoms with E-state index in [1.54, 1.807) is 18.2 Å². The Morgan fingerprint density at radius 3 is 3.00 bits per heavy atom. The van der Waals surface area contributed by atoms with Gasteiger partial charge in [-0.05, 0) is 29.8 Å². The number of carboxylic acids is 1. The quantitative estimate of drug-likeness (QED) is 0.861. The molecule has 0 radical (unpaired) electrons. The number of hydrogen-bond acceptors (Lipinski definition) is 3. The highest BCUT2D eigenvalue weighted by atomic mass is 79.9. The number of rotatable bonds is 4. The fraction of sp³-hybridized carbons (Fsp3) is 0.0909. The maximum atomic E-state index is 10.4. The number of aliphatic carboxylic acids is 1. The van der Waals surface area contributed by atoms with Gasteiger partial charge in [0.25, 0.3) is 0 Å². The molecule has 16 heavy (non-hydrogen) atoms. The van der Waals surface area contributed by atoms with Gasteiger partial charge in [0.05, 0.1) is 0 Å². The van der Waals surface area contributed by atoms with Crippen molar-refractivity contribution >= 4 is 28.0 Å². The van der Waals surface area contributed by atoms with Crippen LogP contribution in [0.5, 0.6) is 5.75 Å². The molecule has 1 N–H and O–H groups in total. The number of nitrogens with zero attached hydrogens (tertiary/aromatic N) is 1. The third kappa shape index (κ3) is 3.75. The van der Waals surface area contributed by atoms with Crippen molar-refractivity contribution < 1.29 is 14.6 Å². The SMILES string of the molecule is N#CCOc1ccc(Br)c(/C=C/C(=O)O)c1. The number of nitriles is 1. The molecule has 82 valence electrons. The molecule has 1 rings (SSSR count). The van der Waals surface area contributed by atoms with Gasteiger partial charge in [-0.3, -0.25) is 0 Å². The van der Waals surface area contributed by atoms with Crippen LogP contribution in [0.1, 0.15) is 5.56 Å². The van der Waals surface area contributed by atoms with Crippen molar-refractivity contribution in [3.05, 3.63) is 34.3 Å². The van der Waals surface area contributed by atoms with Gasteiger partial charge in [-0.15, -0.1) is 0 Å². The summed E-state index contributed by atoms with van der Waals surface area (Å²) in [5, 5.41) is 16.9. The van der Waals surface area contributed by atoms with Crippen LogP contribution in [0.3, 0.4) is 0 Å². The fourth-order valence-electron chi connectivity index (χ4n) is 1.02. The minimum absolute atomic E-state index is 0.0380. The van der Waals surface area contributed by atoms with E-state index in [-0.39, 0.29) is 6.61 Å². The minimum Gasteiger partial charge on any atom is -0.479 e. The largest absolute Gasteiger partial charge is 0.479 e. The van der Waals surface area contributed by atoms with Crippen molar-refractivity contribution in [1.82, 2.24) is 0 Å². The molecular formula is C11H8BrNO3. The summed E-state index contributed by atoms with van der Waals surface area (Å²) in [6.07, 6.45) is 2.49. The zero-order valence-corrected chi connectivity index (χ0v) is 9.77. The van der Waals surface area contributed by atoms with E-state index in [4.69, 9.17) is 15.1 Å². The van der Waals surface area contributed by atoms with E-state index >= 15 is 0 Å². The van der Waals surface area contributed by atoms with E-state index in [1.807, 2.05) is 6.07 Å². The number of hydrogen-bond donors (Lipinski definition) is 1. The highest BCUT2D eigenvalue weighted by molar-refractivity contribution is 9.10. The third-order valence-corrected chi connectivity index (χ3v) is 2.40. The van der Waals surface area contributed by atoms with Gasteiger partial charge in [-0.25, -0.2) is 4.79 Å². The zero-order valence-electron chi connectivity index (χ0n) is 8.18. The van der Waals surface area contributed by atoms with Gasteiger partial charge in [-0.1, -0.05) is 15.9 Å². The van der Waals surface area contributed by atoms with Gasteiger partial charge in [0.2, 0.25) is 0 Å². The molecule has 0 saturated heterocycles. The molecule has 0 atom stereocenters. The lowest BCUT2D eigenvalue weighted by molar-refractivity contribution is -0.131. The Bertz CT molecular complexity index is 463. The van der Waals surface area contributed by atoms with Gasteiger partial charge in [0.1, 0.15) is 11.8 Å². The predicted molar refractivity (Wildman–Crippen MR) is 61.9 cm³/mol. The summed E-state index contributed by atoms with van der Waals surface area (Å²) in [7, 11) is 0. The monoisotopic (exact) mass is 281 g/mol. The first-order valence-electron chi connectivity index (χ1n) is 4.34. The molecule has 0 amide bonds. The van der Waals surface area contributed by atoms with Crippen LogP contribution in [-0.2, 0) is 4.79 Å². The van der Waals surface area contributed by atoms with Crippen LogP contribution < -0.4 is 4.74 Å². The van der Waals surface area contributed by atoms with Gasteiger partial charge < -0.3 is 9.84 Å². The summed E-state index contributed by atoms with van der Waals surface area (Å²) in [5.74, 6) is -0.495. The van der Waals surface area contributed by atoms with Gasteiger partial charge in [0, 0.05) is 10.5 Å². The average molecular weight is 282 g/mol. The number of carboxylic acid groups (broad SMARTS) is 1. The van der Waals surface area contributed by atoms with Crippen LogP contribution in [-0.4, -0.2) is 17.7 Å². The summed E-state index contributed by atoms with van der Waals surface area (Å²) < 4.78 is 5.85. The van der Waals surface area contributed by atoms with Crippen molar-refractivity contribution in [2.45, 2.75) is 0 Å². The molecule has 0 spiro atoms. The molecule has 0 fully saturated rings. The average Bonchev–Trinajstić information content (AvgIpc) is 2.26. The predicted octanol–water partition coefficient (Wildman–Crippen LogP) is 2.45. The Hall–Kier alpha value is -1.80. The molecule has 1 aromatic carbocycles. The maximum Gasteiger partial charge on any atom is 0.328 e. The van der Waals surface area contributed by atoms with E-state index in [1.165, 1.54) is 6.08 Å². The normalized spacial score (nSPS) is 10.0. The Labute approximate surface area is 101 Å². The second-order valence-corrected chi connectivity index (χ2v) is 3.66. The standard InChI is InChI=1S/C11H8BrNO3/c12-10-3-2-9(16-6-5-13)7-8(10)1-4-11(14)15/h1-4,7H,6H2,(H,14,15)/b4-1+. The lowest BCUT2D eigenvalue weighted by Crippen LogP contribution is -1.94. The molecule has 1 aromatic rings. The van der Waals surface area contributed by atoms with Gasteiger partial charge in [-0.2, -0.15) is 5.26 Å². The highest BCUT2D eigenvalue weighted by Gasteiger charge is 2.00. The smallest absolute Gasteiger partial charge is 0.328 e. The molecule has 0 aromatic heterocycles. The Kier molecular flexibility index (Phi) is 4.55. The van der Waals surface area contributed by atoms with E-state index < -0.39 is 5.97 Å². The topological polar surface area (TPSA) is 70.3 Å². The highest BCUT2D eigenvalue weighted by Crippen LogP contribution is 2.23. The first-order valence-corrected chi connectivity index (χ1v) is 5.13.